The number of ether oxygens (including phenoxy) is 2. The van der Waals surface area contributed by atoms with Gasteiger partial charge in [-0.25, -0.2) is 14.0 Å². The maximum Gasteiger partial charge on any atom is 0.511 e. The smallest absolute Gasteiger partial charge is 0.449 e. The Morgan fingerprint density at radius 2 is 2.03 bits per heavy atom. The Hall–Kier alpha value is -3.74. The fraction of sp³-hybridized carbons (Fsp3) is 0.480. The molecule has 1 aliphatic heterocycles. The molecular weight excluding hydrogens is 457 g/mol. The van der Waals surface area contributed by atoms with Crippen molar-refractivity contribution in [2.24, 2.45) is 0 Å². The van der Waals surface area contributed by atoms with Crippen LogP contribution in [0.4, 0.5) is 19.7 Å². The van der Waals surface area contributed by atoms with Gasteiger partial charge >= 0.3 is 12.2 Å². The Morgan fingerprint density at radius 1 is 1.34 bits per heavy atom. The first kappa shape index (κ1) is 24.4. The highest BCUT2D eigenvalue weighted by Gasteiger charge is 2.39. The summed E-state index contributed by atoms with van der Waals surface area (Å²) in [5.74, 6) is 1.45. The minimum Gasteiger partial charge on any atom is -0.449 e. The first-order valence-electron chi connectivity index (χ1n) is 11.4. The van der Waals surface area contributed by atoms with Crippen molar-refractivity contribution in [2.75, 3.05) is 18.0 Å². The number of carboxylic acid groups (broad SMARTS) is 1. The van der Waals surface area contributed by atoms with E-state index in [0.717, 1.165) is 18.9 Å². The average Bonchev–Trinajstić information content (AvgIpc) is 3.50. The van der Waals surface area contributed by atoms with Crippen LogP contribution in [0.3, 0.4) is 0 Å². The van der Waals surface area contributed by atoms with Crippen LogP contribution in [0.15, 0.2) is 17.1 Å². The van der Waals surface area contributed by atoms with E-state index in [-0.39, 0.29) is 29.2 Å². The van der Waals surface area contributed by atoms with Gasteiger partial charge in [-0.3, -0.25) is 4.79 Å². The van der Waals surface area contributed by atoms with Crippen LogP contribution in [0, 0.1) is 18.2 Å². The number of pyridine rings is 1. The van der Waals surface area contributed by atoms with Crippen LogP contribution in [0.5, 0.6) is 5.75 Å². The molecule has 0 bridgehead atoms. The number of nitrogens with zero attached hydrogens (tertiary/aromatic N) is 2. The van der Waals surface area contributed by atoms with Gasteiger partial charge in [0.15, 0.2) is 5.75 Å². The second kappa shape index (κ2) is 8.48. The van der Waals surface area contributed by atoms with Crippen molar-refractivity contribution in [1.82, 2.24) is 9.88 Å². The van der Waals surface area contributed by atoms with E-state index in [1.54, 1.807) is 30.2 Å². The van der Waals surface area contributed by atoms with Gasteiger partial charge in [-0.15, -0.1) is 6.42 Å². The van der Waals surface area contributed by atoms with Gasteiger partial charge in [0.25, 0.3) is 0 Å². The molecule has 1 amide bonds. The summed E-state index contributed by atoms with van der Waals surface area (Å²) in [5.41, 5.74) is -1.37. The van der Waals surface area contributed by atoms with Crippen molar-refractivity contribution < 1.29 is 28.6 Å². The molecule has 1 saturated heterocycles. The monoisotopic (exact) mass is 485 g/mol. The van der Waals surface area contributed by atoms with Crippen LogP contribution in [0.2, 0.25) is 0 Å². The molecule has 1 atom stereocenters. The number of anilines is 1. The predicted molar refractivity (Wildman–Crippen MR) is 128 cm³/mol. The Morgan fingerprint density at radius 3 is 2.60 bits per heavy atom. The number of halogens is 1. The normalized spacial score (nSPS) is 19.9. The number of amides is 1. The molecule has 0 radical (unpaired) electrons. The van der Waals surface area contributed by atoms with E-state index in [1.165, 1.54) is 6.20 Å². The summed E-state index contributed by atoms with van der Waals surface area (Å²) in [6.45, 7) is 7.85. The van der Waals surface area contributed by atoms with E-state index in [9.17, 15) is 14.4 Å². The zero-order valence-electron chi connectivity index (χ0n) is 20.1. The van der Waals surface area contributed by atoms with Crippen LogP contribution in [0.1, 0.15) is 58.6 Å². The van der Waals surface area contributed by atoms with Gasteiger partial charge in [-0.05, 0) is 53.0 Å². The van der Waals surface area contributed by atoms with Crippen molar-refractivity contribution in [3.8, 4) is 18.1 Å². The van der Waals surface area contributed by atoms with Gasteiger partial charge in [0.1, 0.15) is 11.4 Å². The lowest BCUT2D eigenvalue weighted by Crippen LogP contribution is -2.49. The summed E-state index contributed by atoms with van der Waals surface area (Å²) >= 11 is 0. The molecule has 1 aromatic heterocycles. The highest BCUT2D eigenvalue weighted by atomic mass is 19.1. The number of terminal acetylenes is 1. The second-order valence-corrected chi connectivity index (χ2v) is 10.3. The zero-order valence-corrected chi connectivity index (χ0v) is 20.1. The number of carbonyl (C=O) groups excluding carboxylic acids is 1. The van der Waals surface area contributed by atoms with Gasteiger partial charge in [0.05, 0.1) is 33.9 Å². The van der Waals surface area contributed by atoms with E-state index in [4.69, 9.17) is 16.3 Å². The summed E-state index contributed by atoms with van der Waals surface area (Å²) in [6, 6.07) is 1.08. The molecule has 2 fully saturated rings. The SMILES string of the molecule is C#Cc1c(N2CCC(C)(NC(=O)OC(C)(C)C)C2)c(F)cc2c(=O)c(OC(=O)O)cn(C3CC3)c12. The topological polar surface area (TPSA) is 110 Å². The molecule has 186 valence electrons. The number of benzene rings is 1. The van der Waals surface area contributed by atoms with Gasteiger partial charge in [-0.1, -0.05) is 5.92 Å². The third-order valence-corrected chi connectivity index (χ3v) is 6.08. The summed E-state index contributed by atoms with van der Waals surface area (Å²) < 4.78 is 27.3. The van der Waals surface area contributed by atoms with Crippen molar-refractivity contribution in [2.45, 2.75) is 64.1 Å². The van der Waals surface area contributed by atoms with Crippen LogP contribution >= 0.6 is 0 Å². The standard InChI is InChI=1S/C25H28FN3O6/c1-6-15-19-16(21(30)18(34-23(32)33)12-29(19)14-7-8-14)11-17(26)20(15)28-10-9-25(5,13-28)27-22(31)35-24(2,3)4/h1,11-12,14H,7-10,13H2,2-5H3,(H,27,31)(H,32,33). The molecule has 9 nitrogen and oxygen atoms in total. The largest absolute Gasteiger partial charge is 0.511 e. The Bertz CT molecular complexity index is 1320. The molecule has 4 rings (SSSR count). The summed E-state index contributed by atoms with van der Waals surface area (Å²) in [7, 11) is 0. The predicted octanol–water partition coefficient (Wildman–Crippen LogP) is 4.01. The fourth-order valence-corrected chi connectivity index (χ4v) is 4.51. The number of carbonyl (C=O) groups is 2. The molecule has 1 unspecified atom stereocenters. The van der Waals surface area contributed by atoms with E-state index in [2.05, 4.69) is 16.0 Å². The number of aromatic nitrogens is 1. The van der Waals surface area contributed by atoms with Crippen LogP contribution in [-0.2, 0) is 4.74 Å². The van der Waals surface area contributed by atoms with Crippen molar-refractivity contribution in [3.63, 3.8) is 0 Å². The minimum atomic E-state index is -1.63. The van der Waals surface area contributed by atoms with E-state index in [1.807, 2.05) is 6.92 Å². The highest BCUT2D eigenvalue weighted by Crippen LogP contribution is 2.41. The first-order chi connectivity index (χ1) is 16.3. The Kier molecular flexibility index (Phi) is 5.91. The summed E-state index contributed by atoms with van der Waals surface area (Å²) in [6.07, 6.45) is 7.13. The lowest BCUT2D eigenvalue weighted by Gasteiger charge is -2.29. The number of alkyl carbamates (subject to hydrolysis) is 1. The third-order valence-electron chi connectivity index (χ3n) is 6.08. The van der Waals surface area contributed by atoms with Crippen LogP contribution in [-0.4, -0.2) is 46.2 Å². The number of nitrogens with one attached hydrogen (secondary N) is 1. The number of rotatable bonds is 4. The minimum absolute atomic E-state index is 0.00247. The molecular formula is C25H28FN3O6. The van der Waals surface area contributed by atoms with E-state index >= 15 is 4.39 Å². The molecule has 2 heterocycles. The lowest BCUT2D eigenvalue weighted by molar-refractivity contribution is 0.0473. The van der Waals surface area contributed by atoms with Crippen LogP contribution in [0.25, 0.3) is 10.9 Å². The molecule has 2 aliphatic rings. The maximum absolute atomic E-state index is 15.5. The molecule has 0 spiro atoms. The number of hydrogen-bond acceptors (Lipinski definition) is 6. The third kappa shape index (κ3) is 4.90. The van der Waals surface area contributed by atoms with E-state index < -0.39 is 40.4 Å². The zero-order chi connectivity index (χ0) is 25.7. The Labute approximate surface area is 201 Å². The van der Waals surface area contributed by atoms with Gasteiger partial charge in [0, 0.05) is 19.1 Å². The number of fused-ring (bicyclic) bond motifs is 1. The summed E-state index contributed by atoms with van der Waals surface area (Å²) in [4.78, 5) is 38.1. The van der Waals surface area contributed by atoms with Gasteiger partial charge in [0.2, 0.25) is 5.43 Å². The molecule has 1 aromatic carbocycles. The second-order valence-electron chi connectivity index (χ2n) is 10.3. The lowest BCUT2D eigenvalue weighted by atomic mass is 10.0. The Balaban J connectivity index is 1.77. The molecule has 1 aliphatic carbocycles. The van der Waals surface area contributed by atoms with Gasteiger partial charge < -0.3 is 29.4 Å². The molecule has 35 heavy (non-hydrogen) atoms. The molecule has 1 saturated carbocycles. The molecule has 2 N–H and O–H groups in total. The van der Waals surface area contributed by atoms with Crippen molar-refractivity contribution >= 4 is 28.8 Å². The van der Waals surface area contributed by atoms with Crippen molar-refractivity contribution in [1.29, 1.82) is 0 Å². The van der Waals surface area contributed by atoms with E-state index in [0.29, 0.717) is 18.5 Å². The maximum atomic E-state index is 15.5. The fourth-order valence-electron chi connectivity index (χ4n) is 4.51. The average molecular weight is 486 g/mol. The number of hydrogen-bond donors (Lipinski definition) is 2. The highest BCUT2D eigenvalue weighted by molar-refractivity contribution is 5.92. The summed E-state index contributed by atoms with van der Waals surface area (Å²) in [5, 5.41) is 11.8. The van der Waals surface area contributed by atoms with Crippen LogP contribution < -0.4 is 20.4 Å². The van der Waals surface area contributed by atoms with Crippen molar-refractivity contribution in [3.05, 3.63) is 33.9 Å². The molecule has 2 aromatic rings. The van der Waals surface area contributed by atoms with Gasteiger partial charge in [-0.2, -0.15) is 0 Å². The quantitative estimate of drug-likeness (QED) is 0.497. The first-order valence-corrected chi connectivity index (χ1v) is 11.4. The molecule has 10 heteroatoms.